The number of thiophene rings is 1. The molecule has 1 aliphatic rings. The number of amides is 2. The van der Waals surface area contributed by atoms with E-state index in [2.05, 4.69) is 15.6 Å². The average molecular weight is 223 g/mol. The molecular weight excluding hydrogens is 214 g/mol. The van der Waals surface area contributed by atoms with Gasteiger partial charge in [0.2, 0.25) is 5.96 Å². The molecule has 0 saturated carbocycles. The largest absolute Gasteiger partial charge is 0.316 e. The maximum Gasteiger partial charge on any atom is 0.316 e. The summed E-state index contributed by atoms with van der Waals surface area (Å²) in [6.45, 7) is 2.48. The van der Waals surface area contributed by atoms with Crippen molar-refractivity contribution in [2.45, 2.75) is 13.5 Å². The van der Waals surface area contributed by atoms with E-state index < -0.39 is 11.8 Å². The van der Waals surface area contributed by atoms with Gasteiger partial charge < -0.3 is 0 Å². The smallest absolute Gasteiger partial charge is 0.288 e. The van der Waals surface area contributed by atoms with Crippen LogP contribution in [0.2, 0.25) is 0 Å². The number of aliphatic imine (C=N–C) groups is 1. The summed E-state index contributed by atoms with van der Waals surface area (Å²) in [6, 6.07) is 3.98. The van der Waals surface area contributed by atoms with Crippen molar-refractivity contribution in [3.8, 4) is 0 Å². The second-order valence-corrected chi connectivity index (χ2v) is 4.46. The number of carbonyl (C=O) groups is 2. The first-order chi connectivity index (χ1) is 7.15. The fourth-order valence-corrected chi connectivity index (χ4v) is 1.98. The Morgan fingerprint density at radius 1 is 1.27 bits per heavy atom. The van der Waals surface area contributed by atoms with E-state index in [0.29, 0.717) is 6.54 Å². The summed E-state index contributed by atoms with van der Waals surface area (Å²) in [6.07, 6.45) is 0. The summed E-state index contributed by atoms with van der Waals surface area (Å²) >= 11 is 1.64. The maximum absolute atomic E-state index is 10.8. The van der Waals surface area contributed by atoms with E-state index in [1.165, 1.54) is 4.88 Å². The van der Waals surface area contributed by atoms with E-state index in [4.69, 9.17) is 0 Å². The van der Waals surface area contributed by atoms with Crippen LogP contribution >= 0.6 is 11.3 Å². The zero-order chi connectivity index (χ0) is 10.8. The molecule has 0 aliphatic carbocycles. The molecule has 1 aliphatic heterocycles. The van der Waals surface area contributed by atoms with Crippen molar-refractivity contribution in [1.29, 1.82) is 0 Å². The molecular formula is C9H9N3O2S. The van der Waals surface area contributed by atoms with Crippen molar-refractivity contribution in [2.75, 3.05) is 0 Å². The van der Waals surface area contributed by atoms with Gasteiger partial charge in [-0.3, -0.25) is 20.2 Å². The lowest BCUT2D eigenvalue weighted by molar-refractivity contribution is -0.135. The molecule has 0 aromatic carbocycles. The highest BCUT2D eigenvalue weighted by Gasteiger charge is 2.24. The molecule has 0 atom stereocenters. The number of carbonyl (C=O) groups excluding carboxylic acids is 2. The molecule has 6 heteroatoms. The van der Waals surface area contributed by atoms with Crippen LogP contribution in [-0.4, -0.2) is 17.8 Å². The molecule has 0 spiro atoms. The van der Waals surface area contributed by atoms with Gasteiger partial charge in [0.25, 0.3) is 0 Å². The summed E-state index contributed by atoms with van der Waals surface area (Å²) in [4.78, 5) is 28.0. The molecule has 1 aromatic heterocycles. The highest BCUT2D eigenvalue weighted by Crippen LogP contribution is 2.15. The standard InChI is InChI=1S/C9H9N3O2S/c1-5-2-3-6(15-5)4-10-9-11-7(13)8(14)12-9/h2-3H,4H2,1H3,(H2,10,11,12,13,14). The predicted molar refractivity (Wildman–Crippen MR) is 56.5 cm³/mol. The molecule has 2 N–H and O–H groups in total. The van der Waals surface area contributed by atoms with Gasteiger partial charge in [-0.15, -0.1) is 11.3 Å². The van der Waals surface area contributed by atoms with Crippen LogP contribution in [0.3, 0.4) is 0 Å². The molecule has 2 heterocycles. The quantitative estimate of drug-likeness (QED) is 0.701. The number of rotatable bonds is 2. The third-order valence-corrected chi connectivity index (χ3v) is 2.84. The third kappa shape index (κ3) is 2.21. The molecule has 0 unspecified atom stereocenters. The Morgan fingerprint density at radius 3 is 2.47 bits per heavy atom. The second-order valence-electron chi connectivity index (χ2n) is 3.09. The minimum atomic E-state index is -0.656. The summed E-state index contributed by atoms with van der Waals surface area (Å²) in [5.41, 5.74) is 0. The fraction of sp³-hybridized carbons (Fsp3) is 0.222. The number of aryl methyl sites for hydroxylation is 1. The average Bonchev–Trinajstić information content (AvgIpc) is 2.72. The Bertz CT molecular complexity index is 432. The van der Waals surface area contributed by atoms with Crippen molar-refractivity contribution in [2.24, 2.45) is 4.99 Å². The molecule has 0 bridgehead atoms. The Labute approximate surface area is 90.2 Å². The third-order valence-electron chi connectivity index (χ3n) is 1.86. The summed E-state index contributed by atoms with van der Waals surface area (Å²) in [7, 11) is 0. The lowest BCUT2D eigenvalue weighted by Crippen LogP contribution is -2.25. The van der Waals surface area contributed by atoms with Gasteiger partial charge in [-0.25, -0.2) is 4.99 Å². The number of nitrogens with one attached hydrogen (secondary N) is 2. The highest BCUT2D eigenvalue weighted by molar-refractivity contribution is 7.11. The number of hydrogen-bond donors (Lipinski definition) is 2. The fourth-order valence-electron chi connectivity index (χ4n) is 1.17. The Hall–Kier alpha value is -1.69. The van der Waals surface area contributed by atoms with Crippen LogP contribution in [-0.2, 0) is 16.1 Å². The van der Waals surface area contributed by atoms with Crippen LogP contribution in [0.1, 0.15) is 9.75 Å². The molecule has 2 rings (SSSR count). The molecule has 1 aromatic rings. The molecule has 15 heavy (non-hydrogen) atoms. The molecule has 1 saturated heterocycles. The van der Waals surface area contributed by atoms with Gasteiger partial charge in [-0.05, 0) is 19.1 Å². The van der Waals surface area contributed by atoms with Gasteiger partial charge in [0.15, 0.2) is 0 Å². The Kier molecular flexibility index (Phi) is 2.51. The Morgan fingerprint density at radius 2 is 1.93 bits per heavy atom. The molecule has 1 fully saturated rings. The van der Waals surface area contributed by atoms with Crippen molar-refractivity contribution in [1.82, 2.24) is 10.6 Å². The number of hydrogen-bond acceptors (Lipinski definition) is 4. The van der Waals surface area contributed by atoms with Gasteiger partial charge in [-0.2, -0.15) is 0 Å². The minimum absolute atomic E-state index is 0.232. The Balaban J connectivity index is 2.01. The van der Waals surface area contributed by atoms with Crippen molar-refractivity contribution in [3.05, 3.63) is 21.9 Å². The van der Waals surface area contributed by atoms with E-state index >= 15 is 0 Å². The van der Waals surface area contributed by atoms with Crippen LogP contribution in [0.4, 0.5) is 0 Å². The number of guanidine groups is 1. The van der Waals surface area contributed by atoms with Crippen molar-refractivity contribution < 1.29 is 9.59 Å². The molecule has 2 amide bonds. The number of nitrogens with zero attached hydrogens (tertiary/aromatic N) is 1. The summed E-state index contributed by atoms with van der Waals surface area (Å²) in [5.74, 6) is -1.08. The van der Waals surface area contributed by atoms with E-state index in [9.17, 15) is 9.59 Å². The first kappa shape index (κ1) is 9.85. The van der Waals surface area contributed by atoms with Crippen LogP contribution in [0.25, 0.3) is 0 Å². The van der Waals surface area contributed by atoms with Gasteiger partial charge in [0.1, 0.15) is 0 Å². The van der Waals surface area contributed by atoms with Gasteiger partial charge in [0.05, 0.1) is 6.54 Å². The van der Waals surface area contributed by atoms with Crippen LogP contribution in [0, 0.1) is 6.92 Å². The van der Waals surface area contributed by atoms with Crippen LogP contribution in [0.5, 0.6) is 0 Å². The summed E-state index contributed by atoms with van der Waals surface area (Å²) < 4.78 is 0. The highest BCUT2D eigenvalue weighted by atomic mass is 32.1. The van der Waals surface area contributed by atoms with E-state index in [-0.39, 0.29) is 5.96 Å². The topological polar surface area (TPSA) is 70.6 Å². The normalized spacial score (nSPS) is 15.1. The van der Waals surface area contributed by atoms with Crippen molar-refractivity contribution in [3.63, 3.8) is 0 Å². The first-order valence-electron chi connectivity index (χ1n) is 4.37. The zero-order valence-electron chi connectivity index (χ0n) is 8.03. The summed E-state index contributed by atoms with van der Waals surface area (Å²) in [5, 5.41) is 4.67. The minimum Gasteiger partial charge on any atom is -0.288 e. The van der Waals surface area contributed by atoms with E-state index in [0.717, 1.165) is 4.88 Å². The zero-order valence-corrected chi connectivity index (χ0v) is 8.85. The molecule has 0 radical (unpaired) electrons. The molecule has 5 nitrogen and oxygen atoms in total. The van der Waals surface area contributed by atoms with Gasteiger partial charge in [0, 0.05) is 9.75 Å². The van der Waals surface area contributed by atoms with Gasteiger partial charge in [-0.1, -0.05) is 0 Å². The van der Waals surface area contributed by atoms with E-state index in [1.54, 1.807) is 11.3 Å². The van der Waals surface area contributed by atoms with Gasteiger partial charge >= 0.3 is 11.8 Å². The monoisotopic (exact) mass is 223 g/mol. The van der Waals surface area contributed by atoms with Crippen molar-refractivity contribution >= 4 is 29.1 Å². The second kappa shape index (κ2) is 3.82. The lowest BCUT2D eigenvalue weighted by atomic mass is 10.4. The van der Waals surface area contributed by atoms with Crippen LogP contribution in [0.15, 0.2) is 17.1 Å². The van der Waals surface area contributed by atoms with E-state index in [1.807, 2.05) is 19.1 Å². The molecule has 78 valence electrons. The first-order valence-corrected chi connectivity index (χ1v) is 5.19. The SMILES string of the molecule is Cc1ccc(CN=C2NC(=O)C(=O)N2)s1. The maximum atomic E-state index is 10.8. The van der Waals surface area contributed by atoms with Crippen LogP contribution < -0.4 is 10.6 Å². The lowest BCUT2D eigenvalue weighted by Gasteiger charge is -1.94. The predicted octanol–water partition coefficient (Wildman–Crippen LogP) is 0.159.